The smallest absolute Gasteiger partial charge is 0.259 e. The third-order valence-corrected chi connectivity index (χ3v) is 2.65. The number of hydrogen-bond acceptors (Lipinski definition) is 5. The van der Waals surface area contributed by atoms with Crippen LogP contribution >= 0.6 is 11.6 Å². The number of benzene rings is 1. The molecule has 3 rings (SSSR count). The molecule has 0 saturated carbocycles. The first-order chi connectivity index (χ1) is 8.74. The second kappa shape index (κ2) is 4.15. The standard InChI is InChI=1S/C11H7ClN4O2/c12-8-2-1-6(17)5-7(8)11-15-10(16-18-11)9-13-3-4-14-9/h1-5,17H,(H,13,14). The second-order valence-corrected chi connectivity index (χ2v) is 3.93. The highest BCUT2D eigenvalue weighted by Crippen LogP contribution is 2.30. The van der Waals surface area contributed by atoms with E-state index in [9.17, 15) is 5.11 Å². The Kier molecular flexibility index (Phi) is 2.49. The average Bonchev–Trinajstić information content (AvgIpc) is 3.00. The van der Waals surface area contributed by atoms with Crippen LogP contribution in [0.3, 0.4) is 0 Å². The van der Waals surface area contributed by atoms with Gasteiger partial charge < -0.3 is 14.6 Å². The second-order valence-electron chi connectivity index (χ2n) is 3.53. The van der Waals surface area contributed by atoms with Gasteiger partial charge in [0.05, 0.1) is 10.6 Å². The van der Waals surface area contributed by atoms with E-state index < -0.39 is 0 Å². The van der Waals surface area contributed by atoms with Gasteiger partial charge in [0.25, 0.3) is 5.89 Å². The number of nitrogens with zero attached hydrogens (tertiary/aromatic N) is 3. The van der Waals surface area contributed by atoms with Crippen molar-refractivity contribution in [1.29, 1.82) is 0 Å². The van der Waals surface area contributed by atoms with Crippen LogP contribution in [0.15, 0.2) is 35.1 Å². The van der Waals surface area contributed by atoms with Crippen LogP contribution in [0.5, 0.6) is 5.75 Å². The van der Waals surface area contributed by atoms with Crippen molar-refractivity contribution in [1.82, 2.24) is 20.1 Å². The van der Waals surface area contributed by atoms with Crippen LogP contribution in [0.25, 0.3) is 23.1 Å². The number of H-pyrrole nitrogens is 1. The first-order valence-electron chi connectivity index (χ1n) is 5.06. The molecule has 0 aliphatic rings. The summed E-state index contributed by atoms with van der Waals surface area (Å²) < 4.78 is 5.09. The van der Waals surface area contributed by atoms with Gasteiger partial charge in [-0.3, -0.25) is 0 Å². The SMILES string of the molecule is Oc1ccc(Cl)c(-c2nc(-c3ncc[nH]3)no2)c1. The number of aromatic amines is 1. The Morgan fingerprint density at radius 3 is 3.00 bits per heavy atom. The van der Waals surface area contributed by atoms with Crippen LogP contribution < -0.4 is 0 Å². The summed E-state index contributed by atoms with van der Waals surface area (Å²) in [6.07, 6.45) is 3.25. The van der Waals surface area contributed by atoms with E-state index in [0.717, 1.165) is 0 Å². The first-order valence-corrected chi connectivity index (χ1v) is 5.44. The summed E-state index contributed by atoms with van der Waals surface area (Å²) in [5.41, 5.74) is 0.474. The summed E-state index contributed by atoms with van der Waals surface area (Å²) in [6, 6.07) is 4.50. The van der Waals surface area contributed by atoms with Gasteiger partial charge >= 0.3 is 0 Å². The number of aromatic nitrogens is 4. The molecule has 7 heteroatoms. The largest absolute Gasteiger partial charge is 0.508 e. The minimum absolute atomic E-state index is 0.0761. The molecule has 90 valence electrons. The Labute approximate surface area is 106 Å². The highest BCUT2D eigenvalue weighted by molar-refractivity contribution is 6.33. The Hall–Kier alpha value is -2.34. The molecule has 2 heterocycles. The monoisotopic (exact) mass is 262 g/mol. The highest BCUT2D eigenvalue weighted by Gasteiger charge is 2.15. The molecule has 18 heavy (non-hydrogen) atoms. The fraction of sp³-hybridized carbons (Fsp3) is 0. The fourth-order valence-corrected chi connectivity index (χ4v) is 1.69. The predicted octanol–water partition coefficient (Wildman–Crippen LogP) is 2.49. The van der Waals surface area contributed by atoms with Crippen molar-refractivity contribution in [3.8, 4) is 28.9 Å². The molecule has 0 aliphatic heterocycles. The topological polar surface area (TPSA) is 87.8 Å². The van der Waals surface area contributed by atoms with Crippen LogP contribution in [0.2, 0.25) is 5.02 Å². The zero-order valence-corrected chi connectivity index (χ0v) is 9.72. The van der Waals surface area contributed by atoms with Gasteiger partial charge in [-0.1, -0.05) is 16.8 Å². The molecule has 6 nitrogen and oxygen atoms in total. The molecule has 0 radical (unpaired) electrons. The minimum Gasteiger partial charge on any atom is -0.508 e. The maximum atomic E-state index is 9.42. The molecule has 0 saturated heterocycles. The maximum Gasteiger partial charge on any atom is 0.259 e. The summed E-state index contributed by atoms with van der Waals surface area (Å²) in [5.74, 6) is 1.13. The molecule has 0 aliphatic carbocycles. The molecular weight excluding hydrogens is 256 g/mol. The van der Waals surface area contributed by atoms with Crippen LogP contribution in [-0.4, -0.2) is 25.2 Å². The number of halogens is 1. The minimum atomic E-state index is 0.0761. The molecule has 0 amide bonds. The molecule has 0 unspecified atom stereocenters. The van der Waals surface area contributed by atoms with Gasteiger partial charge in [0.1, 0.15) is 5.75 Å². The molecule has 0 spiro atoms. The Morgan fingerprint density at radius 2 is 2.22 bits per heavy atom. The van der Waals surface area contributed by atoms with Crippen molar-refractivity contribution >= 4 is 11.6 Å². The fourth-order valence-electron chi connectivity index (χ4n) is 1.49. The summed E-state index contributed by atoms with van der Waals surface area (Å²) >= 11 is 6.00. The molecule has 1 aromatic carbocycles. The van der Waals surface area contributed by atoms with Gasteiger partial charge in [-0.2, -0.15) is 4.98 Å². The number of phenolic OH excluding ortho intramolecular Hbond substituents is 1. The molecule has 3 aromatic rings. The van der Waals surface area contributed by atoms with Crippen molar-refractivity contribution in [2.24, 2.45) is 0 Å². The average molecular weight is 263 g/mol. The lowest BCUT2D eigenvalue weighted by Crippen LogP contribution is -1.83. The summed E-state index contributed by atoms with van der Waals surface area (Å²) in [7, 11) is 0. The van der Waals surface area contributed by atoms with E-state index in [0.29, 0.717) is 22.2 Å². The number of nitrogens with one attached hydrogen (secondary N) is 1. The molecule has 2 aromatic heterocycles. The molecular formula is C11H7ClN4O2. The van der Waals surface area contributed by atoms with Gasteiger partial charge in [-0.15, -0.1) is 0 Å². The molecule has 0 bridgehead atoms. The number of hydrogen-bond donors (Lipinski definition) is 2. The van der Waals surface area contributed by atoms with Gasteiger partial charge in [-0.05, 0) is 18.2 Å². The number of aromatic hydroxyl groups is 1. The van der Waals surface area contributed by atoms with Crippen LogP contribution in [0.4, 0.5) is 0 Å². The van der Waals surface area contributed by atoms with Crippen molar-refractivity contribution < 1.29 is 9.63 Å². The van der Waals surface area contributed by atoms with E-state index >= 15 is 0 Å². The highest BCUT2D eigenvalue weighted by atomic mass is 35.5. The number of phenols is 1. The van der Waals surface area contributed by atoms with Crippen molar-refractivity contribution in [2.75, 3.05) is 0 Å². The molecule has 0 fully saturated rings. The lowest BCUT2D eigenvalue weighted by Gasteiger charge is -1.98. The van der Waals surface area contributed by atoms with Crippen LogP contribution in [0, 0.1) is 0 Å². The lowest BCUT2D eigenvalue weighted by atomic mass is 10.2. The van der Waals surface area contributed by atoms with Crippen LogP contribution in [0.1, 0.15) is 0 Å². The normalized spacial score (nSPS) is 10.7. The van der Waals surface area contributed by atoms with Crippen molar-refractivity contribution in [2.45, 2.75) is 0 Å². The van der Waals surface area contributed by atoms with Gasteiger partial charge in [0.15, 0.2) is 5.82 Å². The van der Waals surface area contributed by atoms with Crippen molar-refractivity contribution in [3.05, 3.63) is 35.6 Å². The predicted molar refractivity (Wildman–Crippen MR) is 64.0 cm³/mol. The quantitative estimate of drug-likeness (QED) is 0.741. The Bertz CT molecular complexity index is 678. The van der Waals surface area contributed by atoms with Gasteiger partial charge in [0, 0.05) is 12.4 Å². The van der Waals surface area contributed by atoms with Crippen molar-refractivity contribution in [3.63, 3.8) is 0 Å². The Balaban J connectivity index is 2.05. The first kappa shape index (κ1) is 10.8. The van der Waals surface area contributed by atoms with E-state index in [4.69, 9.17) is 16.1 Å². The van der Waals surface area contributed by atoms with E-state index in [1.54, 1.807) is 18.5 Å². The maximum absolute atomic E-state index is 9.42. The van der Waals surface area contributed by atoms with E-state index in [1.165, 1.54) is 12.1 Å². The van der Waals surface area contributed by atoms with Crippen LogP contribution in [-0.2, 0) is 0 Å². The zero-order valence-electron chi connectivity index (χ0n) is 8.96. The number of imidazole rings is 1. The third-order valence-electron chi connectivity index (χ3n) is 2.32. The summed E-state index contributed by atoms with van der Waals surface area (Å²) in [6.45, 7) is 0. The molecule has 0 atom stereocenters. The summed E-state index contributed by atoms with van der Waals surface area (Å²) in [4.78, 5) is 11.0. The zero-order chi connectivity index (χ0) is 12.5. The van der Waals surface area contributed by atoms with E-state index in [-0.39, 0.29) is 11.6 Å². The number of rotatable bonds is 2. The third kappa shape index (κ3) is 1.82. The Morgan fingerprint density at radius 1 is 1.33 bits per heavy atom. The van der Waals surface area contributed by atoms with E-state index in [2.05, 4.69) is 20.1 Å². The molecule has 2 N–H and O–H groups in total. The summed E-state index contributed by atoms with van der Waals surface area (Å²) in [5, 5.41) is 13.6. The van der Waals surface area contributed by atoms with E-state index in [1.807, 2.05) is 0 Å². The lowest BCUT2D eigenvalue weighted by molar-refractivity contribution is 0.431. The van der Waals surface area contributed by atoms with Gasteiger partial charge in [-0.25, -0.2) is 4.98 Å². The van der Waals surface area contributed by atoms with Gasteiger partial charge in [0.2, 0.25) is 5.82 Å².